The number of rotatable bonds is 6. The first-order valence-corrected chi connectivity index (χ1v) is 13.4. The Kier molecular flexibility index (Phi) is 6.81. The van der Waals surface area contributed by atoms with Crippen molar-refractivity contribution in [2.45, 2.75) is 13.3 Å². The van der Waals surface area contributed by atoms with Crippen molar-refractivity contribution in [2.75, 3.05) is 5.32 Å². The number of pyridine rings is 1. The first-order valence-electron chi connectivity index (χ1n) is 13.4. The molecular weight excluding hydrogens is 506 g/mol. The summed E-state index contributed by atoms with van der Waals surface area (Å²) < 4.78 is 0. The minimum atomic E-state index is -0.287. The van der Waals surface area contributed by atoms with E-state index in [4.69, 9.17) is 10.3 Å². The lowest BCUT2D eigenvalue weighted by Gasteiger charge is -2.14. The van der Waals surface area contributed by atoms with Crippen LogP contribution >= 0.6 is 0 Å². The number of aryl methyl sites for hydroxylation is 1. The standard InChI is InChI=1S/C35H25N5O/c1-22-14-23(19-36)12-13-29(22)26-15-27-18-33(40-35(41)30-16-28(30)20-37)38-21-31(27)32(17-26)39-34(24-8-4-2-5-9-24)25-10-6-3-7-11-25/h2-15,17-18,21,28,30H,16H2,1H3,(H,38,40,41). The Morgan fingerprint density at radius 2 is 1.63 bits per heavy atom. The van der Waals surface area contributed by atoms with Gasteiger partial charge in [0.05, 0.1) is 40.9 Å². The third kappa shape index (κ3) is 5.32. The van der Waals surface area contributed by atoms with E-state index in [1.807, 2.05) is 97.9 Å². The number of nitrogens with one attached hydrogen (secondary N) is 1. The van der Waals surface area contributed by atoms with Gasteiger partial charge in [-0.15, -0.1) is 0 Å². The Morgan fingerprint density at radius 3 is 2.24 bits per heavy atom. The maximum Gasteiger partial charge on any atom is 0.230 e. The number of carbonyl (C=O) groups is 1. The van der Waals surface area contributed by atoms with Crippen LogP contribution < -0.4 is 5.32 Å². The first kappa shape index (κ1) is 25.7. The fourth-order valence-corrected chi connectivity index (χ4v) is 5.07. The maximum absolute atomic E-state index is 12.6. The molecule has 2 atom stereocenters. The molecule has 1 aromatic heterocycles. The van der Waals surface area contributed by atoms with Gasteiger partial charge in [-0.25, -0.2) is 9.98 Å². The third-order valence-corrected chi connectivity index (χ3v) is 7.35. The van der Waals surface area contributed by atoms with Crippen molar-refractivity contribution in [1.29, 1.82) is 10.5 Å². The van der Waals surface area contributed by atoms with Gasteiger partial charge in [-0.05, 0) is 65.8 Å². The van der Waals surface area contributed by atoms with Crippen LogP contribution in [0, 0.1) is 41.4 Å². The number of hydrogen-bond donors (Lipinski definition) is 1. The molecule has 1 fully saturated rings. The van der Waals surface area contributed by atoms with E-state index < -0.39 is 0 Å². The summed E-state index contributed by atoms with van der Waals surface area (Å²) in [6.45, 7) is 1.99. The Bertz CT molecular complexity index is 1860. The van der Waals surface area contributed by atoms with Crippen LogP contribution in [0.3, 0.4) is 0 Å². The molecule has 1 heterocycles. The lowest BCUT2D eigenvalue weighted by atomic mass is 9.95. The number of benzene rings is 4. The molecular formula is C35H25N5O. The largest absolute Gasteiger partial charge is 0.310 e. The molecule has 6 heteroatoms. The number of fused-ring (bicyclic) bond motifs is 1. The average Bonchev–Trinajstić information content (AvgIpc) is 3.81. The summed E-state index contributed by atoms with van der Waals surface area (Å²) in [7, 11) is 0. The molecule has 0 radical (unpaired) electrons. The molecule has 2 unspecified atom stereocenters. The van der Waals surface area contributed by atoms with Gasteiger partial charge in [-0.3, -0.25) is 4.79 Å². The topological polar surface area (TPSA) is 102 Å². The molecule has 5 aromatic rings. The number of aromatic nitrogens is 1. The van der Waals surface area contributed by atoms with Crippen molar-refractivity contribution in [3.8, 4) is 23.3 Å². The monoisotopic (exact) mass is 531 g/mol. The minimum Gasteiger partial charge on any atom is -0.310 e. The van der Waals surface area contributed by atoms with Crippen molar-refractivity contribution in [1.82, 2.24) is 4.98 Å². The molecule has 4 aromatic carbocycles. The van der Waals surface area contributed by atoms with Crippen LogP contribution in [0.4, 0.5) is 11.5 Å². The zero-order valence-corrected chi connectivity index (χ0v) is 22.4. The zero-order chi connectivity index (χ0) is 28.3. The number of nitriles is 2. The average molecular weight is 532 g/mol. The number of hydrogen-bond acceptors (Lipinski definition) is 5. The smallest absolute Gasteiger partial charge is 0.230 e. The molecule has 0 aliphatic heterocycles. The van der Waals surface area contributed by atoms with Crippen molar-refractivity contribution >= 4 is 33.9 Å². The molecule has 0 spiro atoms. The van der Waals surface area contributed by atoms with Crippen LogP contribution in [-0.4, -0.2) is 16.6 Å². The van der Waals surface area contributed by atoms with Gasteiger partial charge in [0.2, 0.25) is 5.91 Å². The van der Waals surface area contributed by atoms with Gasteiger partial charge in [0.1, 0.15) is 5.82 Å². The fraction of sp³-hybridized carbons (Fsp3) is 0.114. The summed E-state index contributed by atoms with van der Waals surface area (Å²) in [4.78, 5) is 22.4. The highest BCUT2D eigenvalue weighted by Crippen LogP contribution is 2.39. The van der Waals surface area contributed by atoms with Crippen molar-refractivity contribution in [2.24, 2.45) is 16.8 Å². The van der Waals surface area contributed by atoms with Crippen molar-refractivity contribution < 1.29 is 4.79 Å². The molecule has 1 saturated carbocycles. The van der Waals surface area contributed by atoms with Gasteiger partial charge in [0.25, 0.3) is 0 Å². The second kappa shape index (κ2) is 10.9. The van der Waals surface area contributed by atoms with Crippen LogP contribution in [0.5, 0.6) is 0 Å². The van der Waals surface area contributed by atoms with Gasteiger partial charge in [0, 0.05) is 22.7 Å². The number of aliphatic imine (C=N–C) groups is 1. The Morgan fingerprint density at radius 1 is 0.927 bits per heavy atom. The molecule has 0 bridgehead atoms. The van der Waals surface area contributed by atoms with Gasteiger partial charge in [-0.1, -0.05) is 66.7 Å². The summed E-state index contributed by atoms with van der Waals surface area (Å²) in [5.41, 5.74) is 7.04. The molecule has 6 rings (SSSR count). The predicted molar refractivity (Wildman–Crippen MR) is 161 cm³/mol. The van der Waals surface area contributed by atoms with E-state index in [0.717, 1.165) is 50.0 Å². The number of amides is 1. The first-order chi connectivity index (χ1) is 20.0. The summed E-state index contributed by atoms with van der Waals surface area (Å²) >= 11 is 0. The normalized spacial score (nSPS) is 15.4. The molecule has 0 saturated heterocycles. The second-order valence-electron chi connectivity index (χ2n) is 10.2. The Balaban J connectivity index is 1.53. The van der Waals surface area contributed by atoms with Crippen LogP contribution in [0.2, 0.25) is 0 Å². The molecule has 196 valence electrons. The lowest BCUT2D eigenvalue weighted by molar-refractivity contribution is -0.117. The van der Waals surface area contributed by atoms with Gasteiger partial charge in [-0.2, -0.15) is 10.5 Å². The quantitative estimate of drug-likeness (QED) is 0.231. The van der Waals surface area contributed by atoms with E-state index in [9.17, 15) is 10.1 Å². The molecule has 1 N–H and O–H groups in total. The predicted octanol–water partition coefficient (Wildman–Crippen LogP) is 7.35. The highest BCUT2D eigenvalue weighted by molar-refractivity contribution is 6.15. The Labute approximate surface area is 238 Å². The van der Waals surface area contributed by atoms with Crippen LogP contribution in [0.25, 0.3) is 21.9 Å². The summed E-state index contributed by atoms with van der Waals surface area (Å²) in [6, 6.07) is 36.1. The van der Waals surface area contributed by atoms with Crippen molar-refractivity contribution in [3.05, 3.63) is 126 Å². The lowest BCUT2D eigenvalue weighted by Crippen LogP contribution is -2.15. The van der Waals surface area contributed by atoms with Gasteiger partial charge < -0.3 is 5.32 Å². The van der Waals surface area contributed by atoms with Crippen LogP contribution in [-0.2, 0) is 4.79 Å². The molecule has 1 aliphatic rings. The van der Waals surface area contributed by atoms with Gasteiger partial charge >= 0.3 is 0 Å². The summed E-state index contributed by atoms with van der Waals surface area (Å²) in [5.74, 6) is -0.265. The summed E-state index contributed by atoms with van der Waals surface area (Å²) in [5, 5.41) is 23.1. The van der Waals surface area contributed by atoms with E-state index >= 15 is 0 Å². The van der Waals surface area contributed by atoms with Crippen LogP contribution in [0.15, 0.2) is 108 Å². The number of nitrogens with zero attached hydrogens (tertiary/aromatic N) is 4. The molecule has 6 nitrogen and oxygen atoms in total. The highest BCUT2D eigenvalue weighted by atomic mass is 16.2. The highest BCUT2D eigenvalue weighted by Gasteiger charge is 2.43. The molecule has 1 aliphatic carbocycles. The third-order valence-electron chi connectivity index (χ3n) is 7.35. The van der Waals surface area contributed by atoms with E-state index in [2.05, 4.69) is 28.5 Å². The van der Waals surface area contributed by atoms with E-state index in [-0.39, 0.29) is 17.7 Å². The molecule has 1 amide bonds. The number of anilines is 1. The molecule has 41 heavy (non-hydrogen) atoms. The van der Waals surface area contributed by atoms with Gasteiger partial charge in [0.15, 0.2) is 0 Å². The van der Waals surface area contributed by atoms with Crippen molar-refractivity contribution in [3.63, 3.8) is 0 Å². The van der Waals surface area contributed by atoms with Crippen LogP contribution in [0.1, 0.15) is 28.7 Å². The number of carbonyl (C=O) groups excluding carboxylic acids is 1. The fourth-order valence-electron chi connectivity index (χ4n) is 5.07. The van der Waals surface area contributed by atoms with E-state index in [1.165, 1.54) is 0 Å². The zero-order valence-electron chi connectivity index (χ0n) is 22.4. The second-order valence-corrected chi connectivity index (χ2v) is 10.2. The summed E-state index contributed by atoms with van der Waals surface area (Å²) in [6.07, 6.45) is 2.32. The minimum absolute atomic E-state index is 0.184. The van der Waals surface area contributed by atoms with E-state index in [1.54, 1.807) is 6.20 Å². The Hall–Kier alpha value is -5.59. The maximum atomic E-state index is 12.6. The van der Waals surface area contributed by atoms with E-state index in [0.29, 0.717) is 17.8 Å². The SMILES string of the molecule is Cc1cc(C#N)ccc1-c1cc(N=C(c2ccccc2)c2ccccc2)c2cnc(NC(=O)C3CC3C#N)cc2c1.